The molecule has 3 nitrogen and oxygen atoms in total. The summed E-state index contributed by atoms with van der Waals surface area (Å²) in [5.74, 6) is 3.03. The average Bonchev–Trinajstić information content (AvgIpc) is 3.16. The second-order valence-electron chi connectivity index (χ2n) is 8.15. The van der Waals surface area contributed by atoms with Gasteiger partial charge in [0.05, 0.1) is 7.11 Å². The summed E-state index contributed by atoms with van der Waals surface area (Å²) in [5.41, 5.74) is 3.87. The number of aromatic amines is 1. The molecule has 1 aliphatic heterocycles. The van der Waals surface area contributed by atoms with Crippen molar-refractivity contribution in [1.82, 2.24) is 9.88 Å². The molecular formula is C22H32N2O. The van der Waals surface area contributed by atoms with E-state index in [0.29, 0.717) is 0 Å². The largest absolute Gasteiger partial charge is 0.496 e. The van der Waals surface area contributed by atoms with Crippen molar-refractivity contribution in [3.8, 4) is 5.75 Å². The van der Waals surface area contributed by atoms with Gasteiger partial charge in [0.1, 0.15) is 5.75 Å². The summed E-state index contributed by atoms with van der Waals surface area (Å²) >= 11 is 0. The van der Waals surface area contributed by atoms with Gasteiger partial charge in [-0.25, -0.2) is 0 Å². The van der Waals surface area contributed by atoms with Crippen molar-refractivity contribution < 1.29 is 4.74 Å². The summed E-state index contributed by atoms with van der Waals surface area (Å²) in [6.07, 6.45) is 12.2. The van der Waals surface area contributed by atoms with Crippen molar-refractivity contribution in [3.05, 3.63) is 29.5 Å². The van der Waals surface area contributed by atoms with E-state index >= 15 is 0 Å². The molecule has 1 saturated heterocycles. The first kappa shape index (κ1) is 17.0. The number of hydrogen-bond donors (Lipinski definition) is 1. The Hall–Kier alpha value is -1.48. The summed E-state index contributed by atoms with van der Waals surface area (Å²) in [6, 6.07) is 4.39. The number of benzene rings is 1. The van der Waals surface area contributed by atoms with E-state index < -0.39 is 0 Å². The number of nitrogens with one attached hydrogen (secondary N) is 1. The Morgan fingerprint density at radius 3 is 2.52 bits per heavy atom. The number of aromatic nitrogens is 1. The van der Waals surface area contributed by atoms with E-state index in [1.54, 1.807) is 7.11 Å². The third-order valence-corrected chi connectivity index (χ3v) is 6.66. The molecule has 2 heterocycles. The molecule has 136 valence electrons. The SMILES string of the molecule is COc1cc(C)c2[nH]ccc2c1CN1CCC(C2CCCCC2)CC1. The third kappa shape index (κ3) is 3.44. The Morgan fingerprint density at radius 2 is 1.80 bits per heavy atom. The highest BCUT2D eigenvalue weighted by Crippen LogP contribution is 2.37. The van der Waals surface area contributed by atoms with Gasteiger partial charge in [-0.2, -0.15) is 0 Å². The number of methoxy groups -OCH3 is 1. The van der Waals surface area contributed by atoms with Gasteiger partial charge in [0.2, 0.25) is 0 Å². The molecule has 0 bridgehead atoms. The van der Waals surface area contributed by atoms with Gasteiger partial charge in [-0.15, -0.1) is 0 Å². The van der Waals surface area contributed by atoms with Crippen molar-refractivity contribution in [2.75, 3.05) is 20.2 Å². The molecule has 0 radical (unpaired) electrons. The minimum absolute atomic E-state index is 0.976. The molecule has 2 aliphatic rings. The molecule has 0 atom stereocenters. The normalized spacial score (nSPS) is 21.0. The smallest absolute Gasteiger partial charge is 0.124 e. The van der Waals surface area contributed by atoms with Gasteiger partial charge in [0.25, 0.3) is 0 Å². The van der Waals surface area contributed by atoms with Crippen LogP contribution in [0.25, 0.3) is 10.9 Å². The van der Waals surface area contributed by atoms with Crippen LogP contribution in [0.15, 0.2) is 18.3 Å². The van der Waals surface area contributed by atoms with E-state index in [4.69, 9.17) is 4.74 Å². The Bertz CT molecular complexity index is 706. The predicted molar refractivity (Wildman–Crippen MR) is 104 cm³/mol. The number of fused-ring (bicyclic) bond motifs is 1. The number of likely N-dealkylation sites (tertiary alicyclic amines) is 1. The molecule has 0 amide bonds. The first-order chi connectivity index (χ1) is 12.3. The zero-order valence-electron chi connectivity index (χ0n) is 15.8. The van der Waals surface area contributed by atoms with E-state index in [2.05, 4.69) is 35.1 Å². The van der Waals surface area contributed by atoms with E-state index in [-0.39, 0.29) is 0 Å². The van der Waals surface area contributed by atoms with Crippen molar-refractivity contribution in [2.24, 2.45) is 11.8 Å². The lowest BCUT2D eigenvalue weighted by Crippen LogP contribution is -2.36. The van der Waals surface area contributed by atoms with Gasteiger partial charge < -0.3 is 9.72 Å². The molecule has 1 N–H and O–H groups in total. The lowest BCUT2D eigenvalue weighted by Gasteiger charge is -2.37. The second kappa shape index (κ2) is 7.41. The molecule has 1 aromatic carbocycles. The fourth-order valence-electron chi connectivity index (χ4n) is 5.19. The maximum Gasteiger partial charge on any atom is 0.124 e. The zero-order chi connectivity index (χ0) is 17.2. The molecule has 1 aromatic heterocycles. The number of rotatable bonds is 4. The van der Waals surface area contributed by atoms with Gasteiger partial charge in [-0.1, -0.05) is 32.1 Å². The van der Waals surface area contributed by atoms with Crippen LogP contribution in [0.4, 0.5) is 0 Å². The highest BCUT2D eigenvalue weighted by Gasteiger charge is 2.28. The van der Waals surface area contributed by atoms with Crippen molar-refractivity contribution in [3.63, 3.8) is 0 Å². The monoisotopic (exact) mass is 340 g/mol. The average molecular weight is 341 g/mol. The number of aryl methyl sites for hydroxylation is 1. The molecule has 1 aliphatic carbocycles. The van der Waals surface area contributed by atoms with Crippen LogP contribution in [0.5, 0.6) is 5.75 Å². The van der Waals surface area contributed by atoms with Crippen LogP contribution in [0.3, 0.4) is 0 Å². The quantitative estimate of drug-likeness (QED) is 0.820. The van der Waals surface area contributed by atoms with E-state index in [0.717, 1.165) is 24.1 Å². The molecule has 3 heteroatoms. The summed E-state index contributed by atoms with van der Waals surface area (Å²) < 4.78 is 5.72. The van der Waals surface area contributed by atoms with Crippen LogP contribution in [0, 0.1) is 18.8 Å². The van der Waals surface area contributed by atoms with Gasteiger partial charge in [0.15, 0.2) is 0 Å². The van der Waals surface area contributed by atoms with Crippen LogP contribution in [0.2, 0.25) is 0 Å². The first-order valence-corrected chi connectivity index (χ1v) is 10.1. The van der Waals surface area contributed by atoms with Crippen molar-refractivity contribution >= 4 is 10.9 Å². The molecule has 1 saturated carbocycles. The van der Waals surface area contributed by atoms with E-state index in [1.165, 1.54) is 80.1 Å². The molecule has 2 aromatic rings. The topological polar surface area (TPSA) is 28.3 Å². The van der Waals surface area contributed by atoms with Gasteiger partial charge in [-0.3, -0.25) is 4.90 Å². The minimum atomic E-state index is 0.976. The van der Waals surface area contributed by atoms with E-state index in [1.807, 2.05) is 0 Å². The van der Waals surface area contributed by atoms with Crippen LogP contribution in [-0.4, -0.2) is 30.1 Å². The molecule has 4 rings (SSSR count). The Balaban J connectivity index is 1.46. The van der Waals surface area contributed by atoms with E-state index in [9.17, 15) is 0 Å². The van der Waals surface area contributed by atoms with Gasteiger partial charge in [0, 0.05) is 29.2 Å². The highest BCUT2D eigenvalue weighted by molar-refractivity contribution is 5.88. The third-order valence-electron chi connectivity index (χ3n) is 6.66. The Morgan fingerprint density at radius 1 is 1.08 bits per heavy atom. The zero-order valence-corrected chi connectivity index (χ0v) is 15.8. The van der Waals surface area contributed by atoms with Crippen molar-refractivity contribution in [1.29, 1.82) is 0 Å². The van der Waals surface area contributed by atoms with Crippen LogP contribution >= 0.6 is 0 Å². The fourth-order valence-corrected chi connectivity index (χ4v) is 5.19. The minimum Gasteiger partial charge on any atom is -0.496 e. The van der Waals surface area contributed by atoms with Crippen LogP contribution < -0.4 is 4.74 Å². The molecular weight excluding hydrogens is 308 g/mol. The predicted octanol–water partition coefficient (Wildman–Crippen LogP) is 5.28. The van der Waals surface area contributed by atoms with Gasteiger partial charge >= 0.3 is 0 Å². The summed E-state index contributed by atoms with van der Waals surface area (Å²) in [7, 11) is 1.80. The van der Waals surface area contributed by atoms with Crippen molar-refractivity contribution in [2.45, 2.75) is 58.4 Å². The lowest BCUT2D eigenvalue weighted by molar-refractivity contribution is 0.122. The molecule has 25 heavy (non-hydrogen) atoms. The molecule has 2 fully saturated rings. The number of ether oxygens (including phenoxy) is 1. The first-order valence-electron chi connectivity index (χ1n) is 10.1. The number of piperidine rings is 1. The summed E-state index contributed by atoms with van der Waals surface area (Å²) in [5, 5.41) is 1.33. The number of nitrogens with zero attached hydrogens (tertiary/aromatic N) is 1. The Labute approximate surface area is 151 Å². The maximum absolute atomic E-state index is 5.72. The summed E-state index contributed by atoms with van der Waals surface area (Å²) in [4.78, 5) is 6.03. The lowest BCUT2D eigenvalue weighted by atomic mass is 9.76. The second-order valence-corrected chi connectivity index (χ2v) is 8.15. The standard InChI is InChI=1S/C22H32N2O/c1-16-14-21(25-2)20(19-8-11-23-22(16)19)15-24-12-9-18(10-13-24)17-6-4-3-5-7-17/h8,11,14,17-18,23H,3-7,9-10,12-13,15H2,1-2H3. The van der Waals surface area contributed by atoms with Gasteiger partial charge in [-0.05, 0) is 62.4 Å². The molecule has 0 spiro atoms. The number of H-pyrrole nitrogens is 1. The maximum atomic E-state index is 5.72. The fraction of sp³-hybridized carbons (Fsp3) is 0.636. The Kier molecular flexibility index (Phi) is 5.03. The van der Waals surface area contributed by atoms with Crippen LogP contribution in [0.1, 0.15) is 56.1 Å². The summed E-state index contributed by atoms with van der Waals surface area (Å²) in [6.45, 7) is 5.64. The molecule has 0 unspecified atom stereocenters. The highest BCUT2D eigenvalue weighted by atomic mass is 16.5. The number of hydrogen-bond acceptors (Lipinski definition) is 2. The van der Waals surface area contributed by atoms with Crippen LogP contribution in [-0.2, 0) is 6.54 Å².